The normalized spacial score (nSPS) is 11.9. The van der Waals surface area contributed by atoms with Gasteiger partial charge in [0.1, 0.15) is 5.75 Å². The fraction of sp³-hybridized carbons (Fsp3) is 0.0870. The van der Waals surface area contributed by atoms with Crippen LogP contribution in [-0.4, -0.2) is 28.0 Å². The summed E-state index contributed by atoms with van der Waals surface area (Å²) in [5, 5.41) is 12.4. The number of alkyl halides is 3. The summed E-state index contributed by atoms with van der Waals surface area (Å²) in [5.74, 6) is -0.274. The Morgan fingerprint density at radius 2 is 2.00 bits per heavy atom. The zero-order valence-electron chi connectivity index (χ0n) is 17.1. The third-order valence-corrected chi connectivity index (χ3v) is 7.33. The Kier molecular flexibility index (Phi) is 7.43. The Balaban J connectivity index is 1.40. The summed E-state index contributed by atoms with van der Waals surface area (Å²) in [4.78, 5) is 21.1. The fourth-order valence-electron chi connectivity index (χ4n) is 2.90. The Morgan fingerprint density at radius 1 is 1.18 bits per heavy atom. The monoisotopic (exact) mass is 613 g/mol. The van der Waals surface area contributed by atoms with E-state index in [1.165, 1.54) is 35.2 Å². The van der Waals surface area contributed by atoms with Crippen molar-refractivity contribution >= 4 is 79.4 Å². The minimum absolute atomic E-state index is 0.00694. The van der Waals surface area contributed by atoms with Gasteiger partial charge < -0.3 is 10.4 Å². The Labute approximate surface area is 214 Å². The summed E-state index contributed by atoms with van der Waals surface area (Å²) in [6.45, 7) is 0. The lowest BCUT2D eigenvalue weighted by atomic mass is 10.2. The number of carbonyl (C=O) groups excluding carboxylic acids is 1. The van der Waals surface area contributed by atoms with Gasteiger partial charge in [-0.3, -0.25) is 9.79 Å². The number of aliphatic imine (C=N–C) groups is 1. The smallest absolute Gasteiger partial charge is 0.416 e. The minimum Gasteiger partial charge on any atom is -0.507 e. The minimum atomic E-state index is -4.47. The van der Waals surface area contributed by atoms with Gasteiger partial charge in [0.05, 0.1) is 27.2 Å². The molecular formula is C23H15F3IN3O2S2. The lowest BCUT2D eigenvalue weighted by molar-refractivity contribution is -0.137. The van der Waals surface area contributed by atoms with E-state index in [2.05, 4.69) is 37.9 Å². The summed E-state index contributed by atoms with van der Waals surface area (Å²) in [6, 6.07) is 15.2. The van der Waals surface area contributed by atoms with E-state index in [0.29, 0.717) is 15.6 Å². The van der Waals surface area contributed by atoms with Gasteiger partial charge in [0.25, 0.3) is 0 Å². The molecule has 4 rings (SSSR count). The van der Waals surface area contributed by atoms with Gasteiger partial charge in [-0.05, 0) is 77.2 Å². The number of rotatable bonds is 6. The molecule has 0 spiro atoms. The van der Waals surface area contributed by atoms with Crippen LogP contribution < -0.4 is 5.32 Å². The summed E-state index contributed by atoms with van der Waals surface area (Å²) < 4.78 is 41.0. The molecule has 2 N–H and O–H groups in total. The van der Waals surface area contributed by atoms with Gasteiger partial charge in [-0.15, -0.1) is 11.3 Å². The average Bonchev–Trinajstić information content (AvgIpc) is 3.20. The number of halogens is 4. The average molecular weight is 613 g/mol. The predicted octanol–water partition coefficient (Wildman–Crippen LogP) is 7.11. The number of thiazole rings is 1. The quantitative estimate of drug-likeness (QED) is 0.138. The van der Waals surface area contributed by atoms with Crippen LogP contribution in [0.1, 0.15) is 11.1 Å². The number of aromatic hydroxyl groups is 1. The lowest BCUT2D eigenvalue weighted by Gasteiger charge is -2.09. The maximum Gasteiger partial charge on any atom is 0.416 e. The van der Waals surface area contributed by atoms with Crippen molar-refractivity contribution in [1.82, 2.24) is 4.98 Å². The van der Waals surface area contributed by atoms with Crippen molar-refractivity contribution in [2.24, 2.45) is 4.99 Å². The summed E-state index contributed by atoms with van der Waals surface area (Å²) >= 11 is 4.75. The highest BCUT2D eigenvalue weighted by Gasteiger charge is 2.30. The number of amides is 1. The zero-order chi connectivity index (χ0) is 24.3. The maximum atomic E-state index is 12.8. The number of nitrogens with zero attached hydrogens (tertiary/aromatic N) is 2. The zero-order valence-corrected chi connectivity index (χ0v) is 20.9. The van der Waals surface area contributed by atoms with Gasteiger partial charge in [-0.25, -0.2) is 4.98 Å². The molecule has 0 aliphatic carbocycles. The molecule has 174 valence electrons. The van der Waals surface area contributed by atoms with E-state index in [4.69, 9.17) is 0 Å². The van der Waals surface area contributed by atoms with E-state index in [0.717, 1.165) is 25.9 Å². The molecule has 1 amide bonds. The first-order valence-electron chi connectivity index (χ1n) is 9.70. The molecule has 0 atom stereocenters. The van der Waals surface area contributed by atoms with Crippen LogP contribution >= 0.6 is 45.7 Å². The molecule has 4 aromatic rings. The Bertz CT molecular complexity index is 1390. The van der Waals surface area contributed by atoms with Crippen LogP contribution in [-0.2, 0) is 11.0 Å². The molecule has 11 heteroatoms. The van der Waals surface area contributed by atoms with E-state index in [1.54, 1.807) is 24.4 Å². The molecular weight excluding hydrogens is 598 g/mol. The second-order valence-electron chi connectivity index (χ2n) is 7.01. The molecule has 0 fully saturated rings. The fourth-order valence-corrected chi connectivity index (χ4v) is 5.32. The molecule has 1 aromatic heterocycles. The molecule has 34 heavy (non-hydrogen) atoms. The predicted molar refractivity (Wildman–Crippen MR) is 138 cm³/mol. The van der Waals surface area contributed by atoms with Gasteiger partial charge in [-0.2, -0.15) is 13.2 Å². The summed E-state index contributed by atoms with van der Waals surface area (Å²) in [7, 11) is 0. The highest BCUT2D eigenvalue weighted by Crippen LogP contribution is 2.33. The number of benzene rings is 3. The molecule has 3 aromatic carbocycles. The molecule has 0 bridgehead atoms. The van der Waals surface area contributed by atoms with Gasteiger partial charge in [-0.1, -0.05) is 17.8 Å². The molecule has 0 saturated heterocycles. The molecule has 0 aliphatic rings. The van der Waals surface area contributed by atoms with Gasteiger partial charge in [0.2, 0.25) is 5.91 Å². The standard InChI is InChI=1S/C23H15F3IN3O2S2/c24-23(25,26)14-2-1-3-17(9-14)29-21(32)12-33-22-30-18-6-5-16(10-20(18)34-22)28-11-13-8-15(27)4-7-19(13)31/h1-11,31H,12H2,(H,29,32). The number of carbonyl (C=O) groups is 1. The van der Waals surface area contributed by atoms with E-state index in [9.17, 15) is 23.1 Å². The van der Waals surface area contributed by atoms with Crippen molar-refractivity contribution < 1.29 is 23.1 Å². The molecule has 0 radical (unpaired) electrons. The number of fused-ring (bicyclic) bond motifs is 1. The van der Waals surface area contributed by atoms with E-state index in [1.807, 2.05) is 18.2 Å². The van der Waals surface area contributed by atoms with Crippen molar-refractivity contribution in [1.29, 1.82) is 0 Å². The number of hydrogen-bond donors (Lipinski definition) is 2. The number of hydrogen-bond acceptors (Lipinski definition) is 6. The third-order valence-electron chi connectivity index (χ3n) is 4.50. The van der Waals surface area contributed by atoms with Crippen LogP contribution in [0.5, 0.6) is 5.75 Å². The van der Waals surface area contributed by atoms with Gasteiger partial charge in [0.15, 0.2) is 4.34 Å². The van der Waals surface area contributed by atoms with Crippen molar-refractivity contribution in [3.63, 3.8) is 0 Å². The first kappa shape index (κ1) is 24.5. The number of thioether (sulfide) groups is 1. The number of anilines is 1. The van der Waals surface area contributed by atoms with Gasteiger partial charge >= 0.3 is 6.18 Å². The highest BCUT2D eigenvalue weighted by atomic mass is 127. The van der Waals surface area contributed by atoms with E-state index < -0.39 is 17.6 Å². The van der Waals surface area contributed by atoms with Crippen LogP contribution in [0.25, 0.3) is 10.2 Å². The highest BCUT2D eigenvalue weighted by molar-refractivity contribution is 14.1. The van der Waals surface area contributed by atoms with Crippen LogP contribution in [0.15, 0.2) is 70.0 Å². The van der Waals surface area contributed by atoms with Crippen LogP contribution in [0.2, 0.25) is 0 Å². The number of aromatic nitrogens is 1. The van der Waals surface area contributed by atoms with E-state index >= 15 is 0 Å². The first-order valence-corrected chi connectivity index (χ1v) is 12.6. The maximum absolute atomic E-state index is 12.8. The second kappa shape index (κ2) is 10.3. The Hall–Kier alpha value is -2.64. The van der Waals surface area contributed by atoms with Crippen molar-refractivity contribution in [3.05, 3.63) is 75.4 Å². The van der Waals surface area contributed by atoms with Crippen LogP contribution in [0, 0.1) is 3.57 Å². The summed E-state index contributed by atoms with van der Waals surface area (Å²) in [6.07, 6.45) is -2.88. The van der Waals surface area contributed by atoms with Crippen LogP contribution in [0.4, 0.5) is 24.5 Å². The topological polar surface area (TPSA) is 74.6 Å². The molecule has 1 heterocycles. The van der Waals surface area contributed by atoms with Crippen LogP contribution in [0.3, 0.4) is 0 Å². The first-order chi connectivity index (χ1) is 16.2. The second-order valence-corrected chi connectivity index (χ2v) is 10.5. The molecule has 5 nitrogen and oxygen atoms in total. The molecule has 0 saturated carbocycles. The third kappa shape index (κ3) is 6.27. The Morgan fingerprint density at radius 3 is 2.79 bits per heavy atom. The molecule has 0 aliphatic heterocycles. The largest absolute Gasteiger partial charge is 0.507 e. The number of phenols is 1. The van der Waals surface area contributed by atoms with Gasteiger partial charge in [0, 0.05) is 21.0 Å². The van der Waals surface area contributed by atoms with Crippen molar-refractivity contribution in [3.8, 4) is 5.75 Å². The number of phenolic OH excluding ortho intramolecular Hbond substituents is 1. The van der Waals surface area contributed by atoms with Crippen molar-refractivity contribution in [2.75, 3.05) is 11.1 Å². The number of nitrogens with one attached hydrogen (secondary N) is 1. The molecule has 0 unspecified atom stereocenters. The summed E-state index contributed by atoms with van der Waals surface area (Å²) in [5.41, 5.74) is 1.32. The SMILES string of the molecule is O=C(CSc1nc2ccc(N=Cc3cc(I)ccc3O)cc2s1)Nc1cccc(C(F)(F)F)c1. The van der Waals surface area contributed by atoms with E-state index in [-0.39, 0.29) is 17.2 Å². The van der Waals surface area contributed by atoms with Crippen molar-refractivity contribution in [2.45, 2.75) is 10.5 Å². The lowest BCUT2D eigenvalue weighted by Crippen LogP contribution is -2.14.